The van der Waals surface area contributed by atoms with E-state index in [1.165, 1.54) is 10.9 Å². The normalized spacial score (nSPS) is 10.6. The molecule has 5 heteroatoms. The minimum absolute atomic E-state index is 0.00225. The standard InChI is InChI=1S/C17H12Cl2N2O/c18-15-10-20-21(17(22)16(15)19)11-12-6-8-14(9-7-12)13-4-2-1-3-5-13/h1-10H,11H2. The van der Waals surface area contributed by atoms with Gasteiger partial charge in [-0.2, -0.15) is 5.10 Å². The second kappa shape index (κ2) is 6.34. The zero-order valence-corrected chi connectivity index (χ0v) is 13.1. The predicted octanol–water partition coefficient (Wildman–Crippen LogP) is 4.27. The van der Waals surface area contributed by atoms with Crippen LogP contribution in [-0.4, -0.2) is 9.78 Å². The Labute approximate surface area is 137 Å². The van der Waals surface area contributed by atoms with Gasteiger partial charge in [-0.1, -0.05) is 77.8 Å². The van der Waals surface area contributed by atoms with Crippen molar-refractivity contribution in [3.8, 4) is 11.1 Å². The number of aromatic nitrogens is 2. The van der Waals surface area contributed by atoms with Gasteiger partial charge >= 0.3 is 0 Å². The summed E-state index contributed by atoms with van der Waals surface area (Å²) < 4.78 is 1.30. The molecule has 3 nitrogen and oxygen atoms in total. The third-order valence-electron chi connectivity index (χ3n) is 3.34. The lowest BCUT2D eigenvalue weighted by molar-refractivity contribution is 0.639. The van der Waals surface area contributed by atoms with E-state index in [9.17, 15) is 4.79 Å². The van der Waals surface area contributed by atoms with Crippen LogP contribution < -0.4 is 5.56 Å². The van der Waals surface area contributed by atoms with Crippen LogP contribution in [0.4, 0.5) is 0 Å². The molecule has 0 saturated carbocycles. The van der Waals surface area contributed by atoms with Crippen LogP contribution in [-0.2, 0) is 6.54 Å². The van der Waals surface area contributed by atoms with Gasteiger partial charge in [0.1, 0.15) is 5.02 Å². The Morgan fingerprint density at radius 2 is 1.55 bits per heavy atom. The van der Waals surface area contributed by atoms with Crippen molar-refractivity contribution in [2.45, 2.75) is 6.54 Å². The van der Waals surface area contributed by atoms with E-state index in [0.29, 0.717) is 6.54 Å². The average Bonchev–Trinajstić information content (AvgIpc) is 2.57. The Bertz CT molecular complexity index is 843. The molecule has 3 rings (SSSR count). The SMILES string of the molecule is O=c1c(Cl)c(Cl)cnn1Cc1ccc(-c2ccccc2)cc1. The Kier molecular flexibility index (Phi) is 4.27. The van der Waals surface area contributed by atoms with Gasteiger partial charge < -0.3 is 0 Å². The Balaban J connectivity index is 1.86. The van der Waals surface area contributed by atoms with Gasteiger partial charge in [0, 0.05) is 0 Å². The molecule has 22 heavy (non-hydrogen) atoms. The summed E-state index contributed by atoms with van der Waals surface area (Å²) in [7, 11) is 0. The third kappa shape index (κ3) is 3.06. The zero-order chi connectivity index (χ0) is 15.5. The molecule has 0 N–H and O–H groups in total. The van der Waals surface area contributed by atoms with E-state index in [2.05, 4.69) is 17.2 Å². The Hall–Kier alpha value is -2.10. The molecule has 0 atom stereocenters. The van der Waals surface area contributed by atoms with Gasteiger partial charge in [0.2, 0.25) is 0 Å². The number of hydrogen-bond donors (Lipinski definition) is 0. The minimum atomic E-state index is -0.388. The zero-order valence-electron chi connectivity index (χ0n) is 11.5. The van der Waals surface area contributed by atoms with Gasteiger partial charge in [-0.25, -0.2) is 4.68 Å². The van der Waals surface area contributed by atoms with Crippen molar-refractivity contribution < 1.29 is 0 Å². The van der Waals surface area contributed by atoms with Gasteiger partial charge in [0.15, 0.2) is 0 Å². The summed E-state index contributed by atoms with van der Waals surface area (Å²) in [6.07, 6.45) is 1.38. The van der Waals surface area contributed by atoms with Gasteiger partial charge in [-0.05, 0) is 16.7 Å². The molecular weight excluding hydrogens is 319 g/mol. The van der Waals surface area contributed by atoms with E-state index in [1.54, 1.807) is 0 Å². The molecule has 110 valence electrons. The third-order valence-corrected chi connectivity index (χ3v) is 4.08. The van der Waals surface area contributed by atoms with Crippen molar-refractivity contribution in [3.05, 3.63) is 86.8 Å². The number of nitrogens with zero attached hydrogens (tertiary/aromatic N) is 2. The first-order valence-electron chi connectivity index (χ1n) is 6.70. The van der Waals surface area contributed by atoms with Crippen LogP contribution in [0.15, 0.2) is 65.6 Å². The van der Waals surface area contributed by atoms with E-state index in [1.807, 2.05) is 42.5 Å². The minimum Gasteiger partial charge on any atom is -0.266 e. The molecule has 0 aliphatic rings. The molecular formula is C17H12Cl2N2O. The van der Waals surface area contributed by atoms with Crippen molar-refractivity contribution in [1.29, 1.82) is 0 Å². The fourth-order valence-corrected chi connectivity index (χ4v) is 2.43. The Morgan fingerprint density at radius 3 is 2.23 bits per heavy atom. The highest BCUT2D eigenvalue weighted by atomic mass is 35.5. The van der Waals surface area contributed by atoms with Gasteiger partial charge in [0.05, 0.1) is 17.8 Å². The smallest absolute Gasteiger partial charge is 0.266 e. The van der Waals surface area contributed by atoms with Crippen molar-refractivity contribution in [2.24, 2.45) is 0 Å². The summed E-state index contributed by atoms with van der Waals surface area (Å²) in [5.74, 6) is 0. The van der Waals surface area contributed by atoms with E-state index in [-0.39, 0.29) is 15.6 Å². The predicted molar refractivity (Wildman–Crippen MR) is 89.5 cm³/mol. The maximum Gasteiger partial charge on any atom is 0.287 e. The van der Waals surface area contributed by atoms with Crippen LogP contribution in [0.3, 0.4) is 0 Å². The van der Waals surface area contributed by atoms with Gasteiger partial charge in [-0.3, -0.25) is 4.79 Å². The molecule has 0 fully saturated rings. The lowest BCUT2D eigenvalue weighted by Gasteiger charge is -2.07. The van der Waals surface area contributed by atoms with Crippen molar-refractivity contribution >= 4 is 23.2 Å². The quantitative estimate of drug-likeness (QED) is 0.718. The van der Waals surface area contributed by atoms with E-state index >= 15 is 0 Å². The second-order valence-corrected chi connectivity index (χ2v) is 5.62. The molecule has 0 amide bonds. The highest BCUT2D eigenvalue weighted by Gasteiger charge is 2.08. The maximum atomic E-state index is 12.0. The summed E-state index contributed by atoms with van der Waals surface area (Å²) in [6.45, 7) is 0.352. The lowest BCUT2D eigenvalue weighted by Crippen LogP contribution is -2.23. The fraction of sp³-hybridized carbons (Fsp3) is 0.0588. The number of benzene rings is 2. The molecule has 0 saturated heterocycles. The fourth-order valence-electron chi connectivity index (χ4n) is 2.16. The topological polar surface area (TPSA) is 34.9 Å². The van der Waals surface area contributed by atoms with Crippen molar-refractivity contribution in [2.75, 3.05) is 0 Å². The highest BCUT2D eigenvalue weighted by Crippen LogP contribution is 2.20. The van der Waals surface area contributed by atoms with Crippen molar-refractivity contribution in [1.82, 2.24) is 9.78 Å². The molecule has 0 bridgehead atoms. The first-order valence-corrected chi connectivity index (χ1v) is 7.46. The Morgan fingerprint density at radius 1 is 0.909 bits per heavy atom. The summed E-state index contributed by atoms with van der Waals surface area (Å²) >= 11 is 11.6. The number of hydrogen-bond acceptors (Lipinski definition) is 2. The molecule has 3 aromatic rings. The first kappa shape index (κ1) is 14.8. The molecule has 1 aromatic heterocycles. The second-order valence-electron chi connectivity index (χ2n) is 4.83. The molecule has 2 aromatic carbocycles. The maximum absolute atomic E-state index is 12.0. The highest BCUT2D eigenvalue weighted by molar-refractivity contribution is 6.41. The van der Waals surface area contributed by atoms with E-state index < -0.39 is 0 Å². The van der Waals surface area contributed by atoms with Crippen LogP contribution >= 0.6 is 23.2 Å². The van der Waals surface area contributed by atoms with Crippen LogP contribution in [0, 0.1) is 0 Å². The van der Waals surface area contributed by atoms with Crippen LogP contribution in [0.1, 0.15) is 5.56 Å². The number of rotatable bonds is 3. The molecule has 0 spiro atoms. The monoisotopic (exact) mass is 330 g/mol. The molecule has 1 heterocycles. The molecule has 0 unspecified atom stereocenters. The molecule has 0 aliphatic heterocycles. The van der Waals surface area contributed by atoms with Crippen LogP contribution in [0.2, 0.25) is 10.0 Å². The van der Waals surface area contributed by atoms with Crippen molar-refractivity contribution in [3.63, 3.8) is 0 Å². The molecule has 0 radical (unpaired) electrons. The lowest BCUT2D eigenvalue weighted by atomic mass is 10.0. The summed E-state index contributed by atoms with van der Waals surface area (Å²) in [5, 5.41) is 4.17. The summed E-state index contributed by atoms with van der Waals surface area (Å²) in [6, 6.07) is 18.1. The first-order chi connectivity index (χ1) is 10.6. The van der Waals surface area contributed by atoms with E-state index in [4.69, 9.17) is 23.2 Å². The van der Waals surface area contributed by atoms with Gasteiger partial charge in [0.25, 0.3) is 5.56 Å². The van der Waals surface area contributed by atoms with Gasteiger partial charge in [-0.15, -0.1) is 0 Å². The molecule has 0 aliphatic carbocycles. The van der Waals surface area contributed by atoms with Crippen LogP contribution in [0.5, 0.6) is 0 Å². The van der Waals surface area contributed by atoms with E-state index in [0.717, 1.165) is 16.7 Å². The largest absolute Gasteiger partial charge is 0.287 e. The number of halogens is 2. The summed E-state index contributed by atoms with van der Waals surface area (Å²) in [5.41, 5.74) is 2.85. The van der Waals surface area contributed by atoms with Crippen LogP contribution in [0.25, 0.3) is 11.1 Å². The summed E-state index contributed by atoms with van der Waals surface area (Å²) in [4.78, 5) is 12.0. The average molecular weight is 331 g/mol.